The Morgan fingerprint density at radius 2 is 1.94 bits per heavy atom. The third-order valence-corrected chi connectivity index (χ3v) is 3.47. The third-order valence-electron chi connectivity index (χ3n) is 3.47. The number of benzene rings is 1. The molecule has 1 aromatic carbocycles. The fourth-order valence-corrected chi connectivity index (χ4v) is 2.44. The molecule has 3 nitrogen and oxygen atoms in total. The number of carbonyl (C=O) groups is 1. The maximum atomic E-state index is 11.8. The number of nitrogens with zero attached hydrogens (tertiary/aromatic N) is 1. The van der Waals surface area contributed by atoms with E-state index in [1.165, 1.54) is 11.1 Å². The lowest BCUT2D eigenvalue weighted by atomic mass is 10.0. The second-order valence-electron chi connectivity index (χ2n) is 4.54. The first-order valence-corrected chi connectivity index (χ1v) is 6.39. The first-order chi connectivity index (χ1) is 8.17. The number of nitrogen functional groups attached to an aromatic ring is 1. The Morgan fingerprint density at radius 3 is 2.47 bits per heavy atom. The van der Waals surface area contributed by atoms with Gasteiger partial charge in [0.1, 0.15) is 0 Å². The van der Waals surface area contributed by atoms with Gasteiger partial charge in [0.2, 0.25) is 5.91 Å². The van der Waals surface area contributed by atoms with Crippen LogP contribution in [0.1, 0.15) is 37.8 Å². The first-order valence-electron chi connectivity index (χ1n) is 6.39. The van der Waals surface area contributed by atoms with Crippen LogP contribution in [0.4, 0.5) is 11.4 Å². The van der Waals surface area contributed by atoms with E-state index in [9.17, 15) is 4.79 Å². The molecule has 0 saturated carbocycles. The SMILES string of the molecule is CCc1cc(CC)c(N2CCCC2=O)cc1N. The van der Waals surface area contributed by atoms with Gasteiger partial charge in [0.05, 0.1) is 0 Å². The van der Waals surface area contributed by atoms with Gasteiger partial charge in [-0.15, -0.1) is 0 Å². The van der Waals surface area contributed by atoms with Crippen molar-refractivity contribution in [3.05, 3.63) is 23.3 Å². The van der Waals surface area contributed by atoms with Crippen LogP contribution in [0, 0.1) is 0 Å². The molecule has 17 heavy (non-hydrogen) atoms. The molecule has 1 aromatic rings. The monoisotopic (exact) mass is 232 g/mol. The van der Waals surface area contributed by atoms with Crippen molar-refractivity contribution in [2.24, 2.45) is 0 Å². The Labute approximate surface area is 103 Å². The van der Waals surface area contributed by atoms with Gasteiger partial charge in [-0.05, 0) is 36.5 Å². The molecular formula is C14H20N2O. The fraction of sp³-hybridized carbons (Fsp3) is 0.500. The number of amides is 1. The molecule has 0 aromatic heterocycles. The van der Waals surface area contributed by atoms with E-state index >= 15 is 0 Å². The lowest BCUT2D eigenvalue weighted by Gasteiger charge is -2.21. The van der Waals surface area contributed by atoms with Crippen LogP contribution in [0.5, 0.6) is 0 Å². The van der Waals surface area contributed by atoms with E-state index in [2.05, 4.69) is 19.9 Å². The summed E-state index contributed by atoms with van der Waals surface area (Å²) in [7, 11) is 0. The Hall–Kier alpha value is -1.51. The molecule has 1 saturated heterocycles. The van der Waals surface area contributed by atoms with E-state index in [4.69, 9.17) is 5.73 Å². The van der Waals surface area contributed by atoms with Gasteiger partial charge in [-0.3, -0.25) is 4.79 Å². The van der Waals surface area contributed by atoms with Crippen molar-refractivity contribution in [1.29, 1.82) is 0 Å². The van der Waals surface area contributed by atoms with Crippen LogP contribution in [0.3, 0.4) is 0 Å². The smallest absolute Gasteiger partial charge is 0.227 e. The Morgan fingerprint density at radius 1 is 1.24 bits per heavy atom. The number of anilines is 2. The molecule has 0 radical (unpaired) electrons. The Balaban J connectivity index is 2.45. The average molecular weight is 232 g/mol. The van der Waals surface area contributed by atoms with Gasteiger partial charge >= 0.3 is 0 Å². The van der Waals surface area contributed by atoms with E-state index in [0.717, 1.165) is 37.2 Å². The molecule has 2 rings (SSSR count). The van der Waals surface area contributed by atoms with Gasteiger partial charge in [-0.25, -0.2) is 0 Å². The minimum Gasteiger partial charge on any atom is -0.398 e. The summed E-state index contributed by atoms with van der Waals surface area (Å²) < 4.78 is 0. The number of hydrogen-bond donors (Lipinski definition) is 1. The summed E-state index contributed by atoms with van der Waals surface area (Å²) in [5.41, 5.74) is 10.3. The van der Waals surface area contributed by atoms with Crippen molar-refractivity contribution in [3.63, 3.8) is 0 Å². The van der Waals surface area contributed by atoms with Crippen LogP contribution >= 0.6 is 0 Å². The zero-order chi connectivity index (χ0) is 12.4. The summed E-state index contributed by atoms with van der Waals surface area (Å²) in [6.45, 7) is 5.05. The van der Waals surface area contributed by atoms with Gasteiger partial charge in [0, 0.05) is 24.3 Å². The van der Waals surface area contributed by atoms with Crippen LogP contribution in [-0.2, 0) is 17.6 Å². The maximum absolute atomic E-state index is 11.8. The van der Waals surface area contributed by atoms with Crippen LogP contribution < -0.4 is 10.6 Å². The molecule has 1 fully saturated rings. The summed E-state index contributed by atoms with van der Waals surface area (Å²) in [4.78, 5) is 13.7. The molecule has 1 aliphatic rings. The molecule has 0 spiro atoms. The van der Waals surface area contributed by atoms with Gasteiger partial charge in [0.15, 0.2) is 0 Å². The number of aryl methyl sites for hydroxylation is 2. The van der Waals surface area contributed by atoms with E-state index in [1.807, 2.05) is 11.0 Å². The van der Waals surface area contributed by atoms with E-state index in [1.54, 1.807) is 0 Å². The molecule has 0 atom stereocenters. The molecule has 1 aliphatic heterocycles. The Bertz CT molecular complexity index is 440. The van der Waals surface area contributed by atoms with Crippen LogP contribution in [0.2, 0.25) is 0 Å². The quantitative estimate of drug-likeness (QED) is 0.814. The number of nitrogens with two attached hydrogens (primary N) is 1. The second kappa shape index (κ2) is 4.78. The van der Waals surface area contributed by atoms with Crippen molar-refractivity contribution in [1.82, 2.24) is 0 Å². The topological polar surface area (TPSA) is 46.3 Å². The molecule has 1 heterocycles. The fourth-order valence-electron chi connectivity index (χ4n) is 2.44. The van der Waals surface area contributed by atoms with Crippen molar-refractivity contribution >= 4 is 17.3 Å². The van der Waals surface area contributed by atoms with E-state index in [-0.39, 0.29) is 5.91 Å². The molecule has 92 valence electrons. The third kappa shape index (κ3) is 2.14. The number of hydrogen-bond acceptors (Lipinski definition) is 2. The number of rotatable bonds is 3. The average Bonchev–Trinajstić information content (AvgIpc) is 2.75. The highest BCUT2D eigenvalue weighted by Gasteiger charge is 2.24. The van der Waals surface area contributed by atoms with Crippen LogP contribution in [-0.4, -0.2) is 12.5 Å². The Kier molecular flexibility index (Phi) is 3.36. The number of carbonyl (C=O) groups excluding carboxylic acids is 1. The largest absolute Gasteiger partial charge is 0.398 e. The molecule has 0 aliphatic carbocycles. The van der Waals surface area contributed by atoms with Gasteiger partial charge in [-0.2, -0.15) is 0 Å². The first kappa shape index (κ1) is 12.0. The predicted octanol–water partition coefficient (Wildman–Crippen LogP) is 2.52. The van der Waals surface area contributed by atoms with Crippen molar-refractivity contribution in [2.45, 2.75) is 39.5 Å². The highest BCUT2D eigenvalue weighted by Crippen LogP contribution is 2.30. The molecule has 0 unspecified atom stereocenters. The van der Waals surface area contributed by atoms with Gasteiger partial charge in [-0.1, -0.05) is 19.9 Å². The molecule has 0 bridgehead atoms. The normalized spacial score (nSPS) is 15.6. The summed E-state index contributed by atoms with van der Waals surface area (Å²) in [5, 5.41) is 0. The van der Waals surface area contributed by atoms with Crippen molar-refractivity contribution in [2.75, 3.05) is 17.2 Å². The minimum atomic E-state index is 0.225. The summed E-state index contributed by atoms with van der Waals surface area (Å²) in [6.07, 6.45) is 3.50. The lowest BCUT2D eigenvalue weighted by Crippen LogP contribution is -2.25. The second-order valence-corrected chi connectivity index (χ2v) is 4.54. The summed E-state index contributed by atoms with van der Waals surface area (Å²) >= 11 is 0. The summed E-state index contributed by atoms with van der Waals surface area (Å²) in [6, 6.07) is 4.12. The highest BCUT2D eigenvalue weighted by molar-refractivity contribution is 5.96. The van der Waals surface area contributed by atoms with Crippen molar-refractivity contribution < 1.29 is 4.79 Å². The lowest BCUT2D eigenvalue weighted by molar-refractivity contribution is -0.117. The van der Waals surface area contributed by atoms with Crippen LogP contribution in [0.25, 0.3) is 0 Å². The van der Waals surface area contributed by atoms with Crippen LogP contribution in [0.15, 0.2) is 12.1 Å². The standard InChI is InChI=1S/C14H20N2O/c1-3-10-8-11(4-2)13(9-12(10)15)16-7-5-6-14(16)17/h8-9H,3-7,15H2,1-2H3. The maximum Gasteiger partial charge on any atom is 0.227 e. The molecular weight excluding hydrogens is 212 g/mol. The van der Waals surface area contributed by atoms with Gasteiger partial charge < -0.3 is 10.6 Å². The highest BCUT2D eigenvalue weighted by atomic mass is 16.2. The zero-order valence-corrected chi connectivity index (χ0v) is 10.6. The molecule has 1 amide bonds. The zero-order valence-electron chi connectivity index (χ0n) is 10.6. The molecule has 2 N–H and O–H groups in total. The van der Waals surface area contributed by atoms with Gasteiger partial charge in [0.25, 0.3) is 0 Å². The predicted molar refractivity (Wildman–Crippen MR) is 71.2 cm³/mol. The van der Waals surface area contributed by atoms with E-state index in [0.29, 0.717) is 6.42 Å². The van der Waals surface area contributed by atoms with Crippen molar-refractivity contribution in [3.8, 4) is 0 Å². The van der Waals surface area contributed by atoms with E-state index < -0.39 is 0 Å². The minimum absolute atomic E-state index is 0.225. The molecule has 3 heteroatoms. The summed E-state index contributed by atoms with van der Waals surface area (Å²) in [5.74, 6) is 0.225.